The van der Waals surface area contributed by atoms with Crippen molar-refractivity contribution in [3.8, 4) is 33.9 Å². The van der Waals surface area contributed by atoms with Crippen molar-refractivity contribution in [2.45, 2.75) is 0 Å². The third-order valence-electron chi connectivity index (χ3n) is 5.67. The smallest absolute Gasteiger partial charge is 0.193 e. The van der Waals surface area contributed by atoms with E-state index in [0.717, 1.165) is 45.0 Å². The molecule has 4 aromatic carbocycles. The molecule has 0 spiro atoms. The van der Waals surface area contributed by atoms with Gasteiger partial charge in [0.05, 0.1) is 12.4 Å². The van der Waals surface area contributed by atoms with Crippen LogP contribution in [0.25, 0.3) is 46.0 Å². The summed E-state index contributed by atoms with van der Waals surface area (Å²) in [5, 5.41) is 17.9. The molecule has 6 aromatic rings. The van der Waals surface area contributed by atoms with Crippen molar-refractivity contribution in [2.24, 2.45) is 0 Å². The average molecular weight is 511 g/mol. The van der Waals surface area contributed by atoms with Gasteiger partial charge in [-0.3, -0.25) is 0 Å². The molecule has 8 heteroatoms. The minimum atomic E-state index is 0. The van der Waals surface area contributed by atoms with E-state index in [4.69, 9.17) is 0 Å². The zero-order chi connectivity index (χ0) is 24.2. The first-order valence-electron chi connectivity index (χ1n) is 11.5. The molecule has 0 aliphatic heterocycles. The van der Waals surface area contributed by atoms with Gasteiger partial charge in [0, 0.05) is 22.5 Å². The summed E-state index contributed by atoms with van der Waals surface area (Å²) in [4.78, 5) is 3.23. The molecule has 0 aliphatic carbocycles. The largest absolute Gasteiger partial charge is 1.00 e. The van der Waals surface area contributed by atoms with E-state index >= 15 is 0 Å². The molecular weight excluding hydrogens is 490 g/mol. The number of aromatic nitrogens is 6. The molecule has 172 valence electrons. The van der Waals surface area contributed by atoms with Gasteiger partial charge in [-0.05, 0) is 0 Å². The molecule has 0 saturated carbocycles. The summed E-state index contributed by atoms with van der Waals surface area (Å²) in [5.74, 6) is 0. The molecule has 0 amide bonds. The number of hydrogen-bond donors (Lipinski definition) is 0. The summed E-state index contributed by atoms with van der Waals surface area (Å²) in [6.45, 7) is 0. The molecule has 0 N–H and O–H groups in total. The van der Waals surface area contributed by atoms with Gasteiger partial charge in [0.15, 0.2) is 0 Å². The van der Waals surface area contributed by atoms with Crippen LogP contribution in [0.15, 0.2) is 109 Å². The Morgan fingerprint density at radius 2 is 0.947 bits per heavy atom. The van der Waals surface area contributed by atoms with Crippen molar-refractivity contribution >= 4 is 12.2 Å². The molecule has 0 bridgehead atoms. The van der Waals surface area contributed by atoms with E-state index in [1.807, 2.05) is 109 Å². The Hall–Kier alpha value is -3.10. The normalized spacial score (nSPS) is 10.6. The summed E-state index contributed by atoms with van der Waals surface area (Å²) in [6, 6.07) is 38.3. The second-order valence-corrected chi connectivity index (χ2v) is 8.11. The molecule has 38 heavy (non-hydrogen) atoms. The first kappa shape index (κ1) is 27.9. The Balaban J connectivity index is 0.00000168. The van der Waals surface area contributed by atoms with Gasteiger partial charge in [0.1, 0.15) is 11.4 Å². The summed E-state index contributed by atoms with van der Waals surface area (Å²) < 4.78 is 0. The fourth-order valence-electron chi connectivity index (χ4n) is 3.75. The molecule has 2 aromatic heterocycles. The van der Waals surface area contributed by atoms with Crippen LogP contribution in [-0.4, -0.2) is 30.0 Å². The van der Waals surface area contributed by atoms with Crippen LogP contribution in [0.4, 0.5) is 0 Å². The van der Waals surface area contributed by atoms with Gasteiger partial charge in [-0.25, -0.2) is 0 Å². The fraction of sp³-hybridized carbons (Fsp3) is 0. The predicted molar refractivity (Wildman–Crippen MR) is 140 cm³/mol. The predicted octanol–water partition coefficient (Wildman–Crippen LogP) is -0.0392. The molecule has 0 radical (unpaired) electrons. The van der Waals surface area contributed by atoms with Gasteiger partial charge in [-0.2, -0.15) is 53.3 Å². The molecule has 2 heterocycles. The third kappa shape index (κ3) is 6.48. The van der Waals surface area contributed by atoms with Crippen molar-refractivity contribution in [2.75, 3.05) is 0 Å². The quantitative estimate of drug-likeness (QED) is 0.179. The van der Waals surface area contributed by atoms with Crippen LogP contribution < -0.4 is 59.1 Å². The maximum absolute atomic E-state index is 4.58. The van der Waals surface area contributed by atoms with Gasteiger partial charge in [0.25, 0.3) is 0 Å². The van der Waals surface area contributed by atoms with Crippen molar-refractivity contribution < 1.29 is 59.1 Å². The van der Waals surface area contributed by atoms with E-state index in [1.54, 1.807) is 22.0 Å². The van der Waals surface area contributed by atoms with E-state index < -0.39 is 0 Å². The van der Waals surface area contributed by atoms with Gasteiger partial charge in [-0.15, -0.1) is 48.5 Å². The van der Waals surface area contributed by atoms with Crippen LogP contribution in [0.2, 0.25) is 0 Å². The summed E-state index contributed by atoms with van der Waals surface area (Å²) in [7, 11) is 0. The Kier molecular flexibility index (Phi) is 9.63. The Morgan fingerprint density at radius 1 is 0.526 bits per heavy atom. The monoisotopic (exact) mass is 510 g/mol. The number of nitrogens with zero attached hydrogens (tertiary/aromatic N) is 6. The first-order chi connectivity index (χ1) is 17.8. The summed E-state index contributed by atoms with van der Waals surface area (Å²) in [6.07, 6.45) is 7.54. The molecule has 0 fully saturated rings. The van der Waals surface area contributed by atoms with E-state index in [-0.39, 0.29) is 59.1 Å². The third-order valence-corrected chi connectivity index (χ3v) is 5.67. The van der Waals surface area contributed by atoms with Crippen LogP contribution in [0.3, 0.4) is 0 Å². The standard InChI is InChI=1S/C30H20N6.2Na/c1-3-7-25(8-4-1)29-21-31-35(33-29)27-17-13-23(14-18-27)11-12-24-15-19-28(20-16-24)36-32-22-30(34-36)26-9-5-2-6-10-26;;/h1-13,15,17-22H;;/q-2;2*+1. The van der Waals surface area contributed by atoms with Crippen molar-refractivity contribution in [1.82, 2.24) is 30.0 Å². The van der Waals surface area contributed by atoms with E-state index in [0.29, 0.717) is 0 Å². The summed E-state index contributed by atoms with van der Waals surface area (Å²) in [5.41, 5.74) is 7.35. The van der Waals surface area contributed by atoms with Gasteiger partial charge >= 0.3 is 59.1 Å². The van der Waals surface area contributed by atoms with Crippen molar-refractivity contribution in [3.63, 3.8) is 0 Å². The Morgan fingerprint density at radius 3 is 1.32 bits per heavy atom. The van der Waals surface area contributed by atoms with Crippen LogP contribution in [-0.2, 0) is 0 Å². The molecule has 6 rings (SSSR count). The second-order valence-electron chi connectivity index (χ2n) is 8.11. The molecular formula is C30H20N6Na2. The van der Waals surface area contributed by atoms with Crippen LogP contribution >= 0.6 is 0 Å². The number of benzene rings is 4. The van der Waals surface area contributed by atoms with Gasteiger partial charge < -0.3 is 0 Å². The van der Waals surface area contributed by atoms with Crippen LogP contribution in [0.1, 0.15) is 11.1 Å². The minimum Gasteiger partial charge on any atom is -0.193 e. The second kappa shape index (κ2) is 13.1. The number of hydrogen-bond acceptors (Lipinski definition) is 4. The molecule has 0 saturated heterocycles. The Labute approximate surface area is 265 Å². The average Bonchev–Trinajstić information content (AvgIpc) is 3.65. The fourth-order valence-corrected chi connectivity index (χ4v) is 3.75. The summed E-state index contributed by atoms with van der Waals surface area (Å²) >= 11 is 0. The van der Waals surface area contributed by atoms with Crippen molar-refractivity contribution in [1.29, 1.82) is 0 Å². The van der Waals surface area contributed by atoms with E-state index in [1.165, 1.54) is 0 Å². The van der Waals surface area contributed by atoms with Crippen molar-refractivity contribution in [3.05, 3.63) is 133 Å². The Bertz CT molecular complexity index is 1480. The SMILES string of the molecule is [Na+].[Na+].[c-]1cc(-n2ncc(-c3ccccc3)n2)ccc1C=Cc1[c-]cc(-n2ncc(-c3ccccc3)n2)cc1. The maximum atomic E-state index is 4.58. The number of rotatable bonds is 6. The molecule has 0 unspecified atom stereocenters. The first-order valence-corrected chi connectivity index (χ1v) is 11.5. The van der Waals surface area contributed by atoms with E-state index in [9.17, 15) is 0 Å². The minimum absolute atomic E-state index is 0. The molecule has 6 nitrogen and oxygen atoms in total. The molecule has 0 aliphatic rings. The van der Waals surface area contributed by atoms with Crippen LogP contribution in [0, 0.1) is 12.1 Å². The zero-order valence-electron chi connectivity index (χ0n) is 21.2. The van der Waals surface area contributed by atoms with Gasteiger partial charge in [-0.1, -0.05) is 60.7 Å². The van der Waals surface area contributed by atoms with E-state index in [2.05, 4.69) is 32.5 Å². The maximum Gasteiger partial charge on any atom is 1.00 e. The zero-order valence-corrected chi connectivity index (χ0v) is 25.2. The molecule has 0 atom stereocenters. The van der Waals surface area contributed by atoms with Gasteiger partial charge in [0.2, 0.25) is 0 Å². The van der Waals surface area contributed by atoms with Crippen LogP contribution in [0.5, 0.6) is 0 Å². The topological polar surface area (TPSA) is 61.4 Å².